The number of nitrogens with one attached hydrogen (secondary N) is 1. The van der Waals surface area contributed by atoms with Crippen LogP contribution >= 0.6 is 11.3 Å². The van der Waals surface area contributed by atoms with Crippen LogP contribution in [0.2, 0.25) is 0 Å². The van der Waals surface area contributed by atoms with Crippen molar-refractivity contribution in [2.75, 3.05) is 25.1 Å². The van der Waals surface area contributed by atoms with Crippen molar-refractivity contribution in [1.82, 2.24) is 4.90 Å². The lowest BCUT2D eigenvalue weighted by molar-refractivity contribution is 0.0833. The first-order valence-electron chi connectivity index (χ1n) is 5.72. The van der Waals surface area contributed by atoms with Gasteiger partial charge < -0.3 is 16.0 Å². The number of rotatable bonds is 4. The van der Waals surface area contributed by atoms with Crippen molar-refractivity contribution < 1.29 is 4.79 Å². The maximum Gasteiger partial charge on any atom is 0.265 e. The summed E-state index contributed by atoms with van der Waals surface area (Å²) in [6.07, 6.45) is 0.930. The van der Waals surface area contributed by atoms with E-state index in [0.717, 1.165) is 6.42 Å². The first-order valence-corrected chi connectivity index (χ1v) is 6.54. The van der Waals surface area contributed by atoms with Crippen LogP contribution in [0.15, 0.2) is 0 Å². The molecule has 1 atom stereocenters. The van der Waals surface area contributed by atoms with Crippen molar-refractivity contribution in [2.24, 2.45) is 0 Å². The first kappa shape index (κ1) is 14.3. The molecule has 0 aliphatic heterocycles. The van der Waals surface area contributed by atoms with E-state index in [4.69, 9.17) is 11.0 Å². The molecule has 0 aliphatic carbocycles. The number of anilines is 2. The zero-order valence-electron chi connectivity index (χ0n) is 11.1. The van der Waals surface area contributed by atoms with Crippen LogP contribution in [0.5, 0.6) is 0 Å². The number of hydrogen-bond acceptors (Lipinski definition) is 5. The summed E-state index contributed by atoms with van der Waals surface area (Å²) in [6.45, 7) is 4.07. The molecule has 5 nitrogen and oxygen atoms in total. The van der Waals surface area contributed by atoms with Gasteiger partial charge in [0, 0.05) is 20.1 Å². The normalized spacial score (nSPS) is 11.7. The van der Waals surface area contributed by atoms with Crippen LogP contribution in [0, 0.1) is 11.3 Å². The minimum atomic E-state index is -0.175. The first-order chi connectivity index (χ1) is 8.42. The Hall–Kier alpha value is -1.74. The van der Waals surface area contributed by atoms with Crippen LogP contribution in [-0.4, -0.2) is 30.9 Å². The molecule has 0 bridgehead atoms. The van der Waals surface area contributed by atoms with Gasteiger partial charge in [-0.05, 0) is 13.3 Å². The summed E-state index contributed by atoms with van der Waals surface area (Å²) in [5.74, 6) is -0.175. The number of nitrogens with zero attached hydrogens (tertiary/aromatic N) is 2. The number of carbonyl (C=O) groups is 1. The fourth-order valence-corrected chi connectivity index (χ4v) is 2.55. The molecule has 0 radical (unpaired) electrons. The summed E-state index contributed by atoms with van der Waals surface area (Å²) in [4.78, 5) is 13.8. The van der Waals surface area contributed by atoms with E-state index in [9.17, 15) is 4.79 Å². The number of hydrogen-bond donors (Lipinski definition) is 2. The third-order valence-electron chi connectivity index (χ3n) is 2.65. The van der Waals surface area contributed by atoms with E-state index in [2.05, 4.69) is 11.4 Å². The van der Waals surface area contributed by atoms with Crippen molar-refractivity contribution in [2.45, 2.75) is 26.3 Å². The number of nitrogen functional groups attached to an aromatic ring is 1. The van der Waals surface area contributed by atoms with E-state index in [0.29, 0.717) is 15.4 Å². The molecular weight excluding hydrogens is 248 g/mol. The van der Waals surface area contributed by atoms with Gasteiger partial charge in [-0.1, -0.05) is 6.92 Å². The van der Waals surface area contributed by atoms with Crippen LogP contribution in [0.4, 0.5) is 10.7 Å². The minimum absolute atomic E-state index is 0.175. The molecule has 1 aromatic heterocycles. The predicted octanol–water partition coefficient (Wildman–Crippen LogP) is 2.11. The third kappa shape index (κ3) is 2.74. The molecular formula is C12H18N4OS. The molecule has 1 heterocycles. The van der Waals surface area contributed by atoms with Gasteiger partial charge in [-0.3, -0.25) is 4.79 Å². The average molecular weight is 266 g/mol. The molecule has 0 spiro atoms. The molecule has 0 aromatic carbocycles. The lowest BCUT2D eigenvalue weighted by Crippen LogP contribution is -2.21. The zero-order valence-corrected chi connectivity index (χ0v) is 11.9. The Bertz CT molecular complexity index is 487. The topological polar surface area (TPSA) is 82.2 Å². The fraction of sp³-hybridized carbons (Fsp3) is 0.500. The van der Waals surface area contributed by atoms with Crippen molar-refractivity contribution in [3.05, 3.63) is 10.4 Å². The Labute approximate surface area is 111 Å². The lowest BCUT2D eigenvalue weighted by Gasteiger charge is -2.10. The number of nitrogens with two attached hydrogens (primary N) is 1. The largest absolute Gasteiger partial charge is 0.396 e. The minimum Gasteiger partial charge on any atom is -0.396 e. The summed E-state index contributed by atoms with van der Waals surface area (Å²) < 4.78 is 0. The molecule has 1 aromatic rings. The van der Waals surface area contributed by atoms with E-state index < -0.39 is 0 Å². The van der Waals surface area contributed by atoms with E-state index >= 15 is 0 Å². The number of nitriles is 1. The number of thiophene rings is 1. The predicted molar refractivity (Wildman–Crippen MR) is 74.8 cm³/mol. The highest BCUT2D eigenvalue weighted by atomic mass is 32.1. The maximum atomic E-state index is 11.9. The molecule has 0 saturated heterocycles. The highest BCUT2D eigenvalue weighted by Crippen LogP contribution is 2.36. The number of carbonyl (C=O) groups excluding carboxylic acids is 1. The highest BCUT2D eigenvalue weighted by Gasteiger charge is 2.22. The van der Waals surface area contributed by atoms with Gasteiger partial charge in [-0.25, -0.2) is 0 Å². The molecule has 0 fully saturated rings. The van der Waals surface area contributed by atoms with Crippen LogP contribution in [0.3, 0.4) is 0 Å². The SMILES string of the molecule is CCC(C)Nc1sc(C(=O)N(C)C)c(N)c1C#N. The molecule has 98 valence electrons. The van der Waals surface area contributed by atoms with Gasteiger partial charge in [0.15, 0.2) is 0 Å². The monoisotopic (exact) mass is 266 g/mol. The molecule has 1 rings (SSSR count). The summed E-state index contributed by atoms with van der Waals surface area (Å²) in [5.41, 5.74) is 6.51. The summed E-state index contributed by atoms with van der Waals surface area (Å²) in [6, 6.07) is 2.29. The third-order valence-corrected chi connectivity index (χ3v) is 3.77. The van der Waals surface area contributed by atoms with E-state index in [-0.39, 0.29) is 17.6 Å². The highest BCUT2D eigenvalue weighted by molar-refractivity contribution is 7.18. The number of amides is 1. The molecule has 1 amide bonds. The molecule has 0 aliphatic rings. The Morgan fingerprint density at radius 3 is 2.67 bits per heavy atom. The van der Waals surface area contributed by atoms with Crippen LogP contribution in [0.1, 0.15) is 35.5 Å². The molecule has 0 saturated carbocycles. The van der Waals surface area contributed by atoms with Crippen molar-refractivity contribution in [1.29, 1.82) is 5.26 Å². The van der Waals surface area contributed by atoms with Gasteiger partial charge in [-0.15, -0.1) is 11.3 Å². The van der Waals surface area contributed by atoms with Crippen LogP contribution < -0.4 is 11.1 Å². The van der Waals surface area contributed by atoms with E-state index in [1.807, 2.05) is 13.8 Å². The fourth-order valence-electron chi connectivity index (χ4n) is 1.34. The second kappa shape index (κ2) is 5.74. The smallest absolute Gasteiger partial charge is 0.265 e. The Morgan fingerprint density at radius 1 is 1.61 bits per heavy atom. The Morgan fingerprint density at radius 2 is 2.22 bits per heavy atom. The summed E-state index contributed by atoms with van der Waals surface area (Å²) in [5, 5.41) is 13.0. The second-order valence-electron chi connectivity index (χ2n) is 4.31. The van der Waals surface area contributed by atoms with Crippen molar-refractivity contribution in [3.63, 3.8) is 0 Å². The average Bonchev–Trinajstić information content (AvgIpc) is 2.64. The van der Waals surface area contributed by atoms with Crippen LogP contribution in [0.25, 0.3) is 0 Å². The summed E-state index contributed by atoms with van der Waals surface area (Å²) in [7, 11) is 3.32. The van der Waals surface area contributed by atoms with Gasteiger partial charge in [0.1, 0.15) is 21.5 Å². The Kier molecular flexibility index (Phi) is 4.56. The van der Waals surface area contributed by atoms with Gasteiger partial charge in [0.05, 0.1) is 5.69 Å². The zero-order chi connectivity index (χ0) is 13.9. The molecule has 3 N–H and O–H groups in total. The second-order valence-corrected chi connectivity index (χ2v) is 5.33. The maximum absolute atomic E-state index is 11.9. The van der Waals surface area contributed by atoms with Crippen molar-refractivity contribution in [3.8, 4) is 6.07 Å². The summed E-state index contributed by atoms with van der Waals surface area (Å²) >= 11 is 1.24. The van der Waals surface area contributed by atoms with Gasteiger partial charge in [0.25, 0.3) is 5.91 Å². The standard InChI is InChI=1S/C12H18N4OS/c1-5-7(2)15-11-8(6-13)9(14)10(18-11)12(17)16(3)4/h7,15H,5,14H2,1-4H3. The van der Waals surface area contributed by atoms with Gasteiger partial charge in [-0.2, -0.15) is 5.26 Å². The van der Waals surface area contributed by atoms with Gasteiger partial charge in [0.2, 0.25) is 0 Å². The molecule has 18 heavy (non-hydrogen) atoms. The quantitative estimate of drug-likeness (QED) is 0.874. The van der Waals surface area contributed by atoms with E-state index in [1.54, 1.807) is 14.1 Å². The van der Waals surface area contributed by atoms with Crippen molar-refractivity contribution >= 4 is 27.9 Å². The van der Waals surface area contributed by atoms with Gasteiger partial charge >= 0.3 is 0 Å². The molecule has 1 unspecified atom stereocenters. The lowest BCUT2D eigenvalue weighted by atomic mass is 10.2. The van der Waals surface area contributed by atoms with Crippen LogP contribution in [-0.2, 0) is 0 Å². The molecule has 6 heteroatoms. The van der Waals surface area contributed by atoms with E-state index in [1.165, 1.54) is 16.2 Å². The Balaban J connectivity index is 3.18.